The number of nitrogens with one attached hydrogen (secondary N) is 1. The van der Waals surface area contributed by atoms with Crippen molar-refractivity contribution in [2.75, 3.05) is 0 Å². The summed E-state index contributed by atoms with van der Waals surface area (Å²) in [6.07, 6.45) is 8.66. The largest absolute Gasteiger partial charge is 0.344 e. The second kappa shape index (κ2) is 7.60. The van der Waals surface area contributed by atoms with Crippen LogP contribution in [0.2, 0.25) is 0 Å². The van der Waals surface area contributed by atoms with Gasteiger partial charge in [0.05, 0.1) is 18.3 Å². The third kappa shape index (κ3) is 3.83. The summed E-state index contributed by atoms with van der Waals surface area (Å²) in [5.41, 5.74) is 2.75. The minimum Gasteiger partial charge on any atom is -0.344 e. The molecular formula is C19H26N4O. The number of hydrogen-bond donors (Lipinski definition) is 1. The van der Waals surface area contributed by atoms with Crippen molar-refractivity contribution >= 4 is 5.91 Å². The molecule has 0 bridgehead atoms. The molecule has 0 spiro atoms. The van der Waals surface area contributed by atoms with Gasteiger partial charge in [-0.2, -0.15) is 0 Å². The number of nitrogens with zero attached hydrogens (tertiary/aromatic N) is 3. The van der Waals surface area contributed by atoms with Crippen LogP contribution in [0.1, 0.15) is 79.1 Å². The average molecular weight is 326 g/mol. The van der Waals surface area contributed by atoms with Crippen molar-refractivity contribution in [3.05, 3.63) is 47.3 Å². The summed E-state index contributed by atoms with van der Waals surface area (Å²) < 4.78 is 1.88. The van der Waals surface area contributed by atoms with Crippen molar-refractivity contribution in [2.45, 2.75) is 64.5 Å². The van der Waals surface area contributed by atoms with Gasteiger partial charge in [0.25, 0.3) is 5.91 Å². The Morgan fingerprint density at radius 2 is 1.96 bits per heavy atom. The van der Waals surface area contributed by atoms with Crippen molar-refractivity contribution < 1.29 is 4.79 Å². The van der Waals surface area contributed by atoms with Gasteiger partial charge >= 0.3 is 0 Å². The van der Waals surface area contributed by atoms with E-state index in [1.54, 1.807) is 6.20 Å². The van der Waals surface area contributed by atoms with Crippen molar-refractivity contribution in [1.29, 1.82) is 0 Å². The number of rotatable bonds is 5. The first-order chi connectivity index (χ1) is 11.7. The maximum absolute atomic E-state index is 12.5. The Balaban J connectivity index is 1.67. The number of aromatic nitrogens is 3. The molecule has 1 aromatic carbocycles. The summed E-state index contributed by atoms with van der Waals surface area (Å²) in [6.45, 7) is 4.14. The van der Waals surface area contributed by atoms with E-state index in [0.717, 1.165) is 24.8 Å². The molecule has 0 radical (unpaired) electrons. The molecule has 0 saturated heterocycles. The Bertz CT molecular complexity index is 671. The molecule has 1 amide bonds. The van der Waals surface area contributed by atoms with Crippen molar-refractivity contribution in [3.8, 4) is 0 Å². The number of aryl methyl sites for hydroxylation is 1. The molecule has 1 aromatic heterocycles. The van der Waals surface area contributed by atoms with Gasteiger partial charge in [-0.05, 0) is 31.7 Å². The summed E-state index contributed by atoms with van der Waals surface area (Å²) in [6, 6.07) is 8.68. The molecule has 24 heavy (non-hydrogen) atoms. The zero-order valence-electron chi connectivity index (χ0n) is 14.5. The third-order valence-corrected chi connectivity index (χ3v) is 4.89. The van der Waals surface area contributed by atoms with Crippen LogP contribution in [-0.2, 0) is 0 Å². The molecule has 128 valence electrons. The van der Waals surface area contributed by atoms with Crippen LogP contribution in [0.15, 0.2) is 30.5 Å². The Hall–Kier alpha value is -2.17. The second-order valence-corrected chi connectivity index (χ2v) is 6.72. The van der Waals surface area contributed by atoms with Gasteiger partial charge in [0.15, 0.2) is 5.69 Å². The van der Waals surface area contributed by atoms with Crippen molar-refractivity contribution in [1.82, 2.24) is 20.3 Å². The van der Waals surface area contributed by atoms with E-state index in [2.05, 4.69) is 53.7 Å². The molecule has 1 fully saturated rings. The van der Waals surface area contributed by atoms with E-state index in [-0.39, 0.29) is 11.9 Å². The first-order valence-electron chi connectivity index (χ1n) is 8.96. The lowest BCUT2D eigenvalue weighted by molar-refractivity contribution is 0.0930. The Morgan fingerprint density at radius 3 is 2.62 bits per heavy atom. The molecule has 1 aliphatic rings. The topological polar surface area (TPSA) is 59.8 Å². The number of amides is 1. The predicted octanol–water partition coefficient (Wildman–Crippen LogP) is 3.97. The van der Waals surface area contributed by atoms with Crippen LogP contribution in [0.3, 0.4) is 0 Å². The predicted molar refractivity (Wildman–Crippen MR) is 93.8 cm³/mol. The quantitative estimate of drug-likeness (QED) is 0.904. The number of carbonyl (C=O) groups excluding carboxylic acids is 1. The van der Waals surface area contributed by atoms with Crippen LogP contribution in [0, 0.1) is 6.92 Å². The molecular weight excluding hydrogens is 300 g/mol. The highest BCUT2D eigenvalue weighted by molar-refractivity contribution is 5.92. The molecule has 1 atom stereocenters. The van der Waals surface area contributed by atoms with E-state index in [4.69, 9.17) is 0 Å². The Kier molecular flexibility index (Phi) is 5.28. The molecule has 1 heterocycles. The summed E-state index contributed by atoms with van der Waals surface area (Å²) >= 11 is 0. The fourth-order valence-corrected chi connectivity index (χ4v) is 3.36. The van der Waals surface area contributed by atoms with Crippen molar-refractivity contribution in [3.63, 3.8) is 0 Å². The highest BCUT2D eigenvalue weighted by atomic mass is 16.2. The molecule has 0 aliphatic heterocycles. The lowest BCUT2D eigenvalue weighted by Gasteiger charge is -2.21. The van der Waals surface area contributed by atoms with E-state index < -0.39 is 0 Å². The zero-order chi connectivity index (χ0) is 16.9. The average Bonchev–Trinajstić information content (AvgIpc) is 3.11. The molecule has 3 rings (SSSR count). The fourth-order valence-electron chi connectivity index (χ4n) is 3.36. The maximum Gasteiger partial charge on any atom is 0.273 e. The number of carbonyl (C=O) groups is 1. The zero-order valence-corrected chi connectivity index (χ0v) is 14.5. The monoisotopic (exact) mass is 326 g/mol. The van der Waals surface area contributed by atoms with Gasteiger partial charge in [-0.1, -0.05) is 61.2 Å². The minimum absolute atomic E-state index is 0.00192. The number of hydrogen-bond acceptors (Lipinski definition) is 3. The van der Waals surface area contributed by atoms with Crippen LogP contribution in [-0.4, -0.2) is 20.9 Å². The van der Waals surface area contributed by atoms with Gasteiger partial charge in [0, 0.05) is 0 Å². The molecule has 1 unspecified atom stereocenters. The standard InChI is InChI=1S/C19H26N4O/c1-3-17(15-11-9-14(2)10-12-15)20-19(24)18-13-23(22-21-18)16-7-5-4-6-8-16/h9-13,16-17H,3-8H2,1-2H3,(H,20,24). The smallest absolute Gasteiger partial charge is 0.273 e. The SMILES string of the molecule is CCC(NC(=O)c1cn(C2CCCCC2)nn1)c1ccc(C)cc1. The second-order valence-electron chi connectivity index (χ2n) is 6.72. The van der Waals surface area contributed by atoms with Gasteiger partial charge in [-0.25, -0.2) is 4.68 Å². The maximum atomic E-state index is 12.5. The van der Waals surface area contributed by atoms with Gasteiger partial charge in [0.1, 0.15) is 0 Å². The normalized spacial score (nSPS) is 16.8. The first-order valence-corrected chi connectivity index (χ1v) is 8.96. The van der Waals surface area contributed by atoms with Crippen LogP contribution < -0.4 is 5.32 Å². The summed E-state index contributed by atoms with van der Waals surface area (Å²) in [4.78, 5) is 12.5. The minimum atomic E-state index is -0.149. The van der Waals surface area contributed by atoms with Crippen LogP contribution in [0.5, 0.6) is 0 Å². The van der Waals surface area contributed by atoms with Gasteiger partial charge in [0.2, 0.25) is 0 Å². The Labute approximate surface area is 143 Å². The first kappa shape index (κ1) is 16.7. The van der Waals surface area contributed by atoms with E-state index >= 15 is 0 Å². The molecule has 5 heteroatoms. The summed E-state index contributed by atoms with van der Waals surface area (Å²) in [5, 5.41) is 11.4. The van der Waals surface area contributed by atoms with E-state index in [9.17, 15) is 4.79 Å². The van der Waals surface area contributed by atoms with Gasteiger partial charge in [-0.3, -0.25) is 4.79 Å². The van der Waals surface area contributed by atoms with Gasteiger partial charge < -0.3 is 5.32 Å². The van der Waals surface area contributed by atoms with Crippen LogP contribution in [0.4, 0.5) is 0 Å². The van der Waals surface area contributed by atoms with Crippen LogP contribution in [0.25, 0.3) is 0 Å². The van der Waals surface area contributed by atoms with Crippen LogP contribution >= 0.6 is 0 Å². The van der Waals surface area contributed by atoms with Gasteiger partial charge in [-0.15, -0.1) is 5.10 Å². The molecule has 1 saturated carbocycles. The van der Waals surface area contributed by atoms with E-state index in [1.165, 1.54) is 24.8 Å². The molecule has 5 nitrogen and oxygen atoms in total. The Morgan fingerprint density at radius 1 is 1.25 bits per heavy atom. The molecule has 2 aromatic rings. The highest BCUT2D eigenvalue weighted by Crippen LogP contribution is 2.27. The lowest BCUT2D eigenvalue weighted by Crippen LogP contribution is -2.28. The summed E-state index contributed by atoms with van der Waals surface area (Å²) in [7, 11) is 0. The number of benzene rings is 1. The van der Waals surface area contributed by atoms with E-state index in [0.29, 0.717) is 11.7 Å². The van der Waals surface area contributed by atoms with Crippen molar-refractivity contribution in [2.24, 2.45) is 0 Å². The molecule has 1 aliphatic carbocycles. The van der Waals surface area contributed by atoms with E-state index in [1.807, 2.05) is 4.68 Å². The summed E-state index contributed by atoms with van der Waals surface area (Å²) in [5.74, 6) is -0.149. The highest BCUT2D eigenvalue weighted by Gasteiger charge is 2.20. The lowest BCUT2D eigenvalue weighted by atomic mass is 9.96. The molecule has 1 N–H and O–H groups in total. The fraction of sp³-hybridized carbons (Fsp3) is 0.526. The third-order valence-electron chi connectivity index (χ3n) is 4.89.